The average molecular weight is 258 g/mol. The maximum atomic E-state index is 12.0. The average Bonchev–Trinajstić information content (AvgIpc) is 2.36. The molecule has 0 bridgehead atoms. The van der Waals surface area contributed by atoms with Crippen molar-refractivity contribution in [2.75, 3.05) is 5.32 Å². The third kappa shape index (κ3) is 3.06. The number of rotatable bonds is 2. The van der Waals surface area contributed by atoms with Crippen LogP contribution in [0.5, 0.6) is 0 Å². The first kappa shape index (κ1) is 13.4. The minimum Gasteiger partial charge on any atom is -0.325 e. The molecule has 5 nitrogen and oxygen atoms in total. The molecule has 0 aliphatic heterocycles. The Hall–Kier alpha value is -2.01. The van der Waals surface area contributed by atoms with Gasteiger partial charge in [0, 0.05) is 18.1 Å². The van der Waals surface area contributed by atoms with Crippen LogP contribution in [0.25, 0.3) is 11.0 Å². The summed E-state index contributed by atoms with van der Waals surface area (Å²) in [6.07, 6.45) is 3.25. The minimum absolute atomic E-state index is 0.198. The van der Waals surface area contributed by atoms with E-state index in [1.165, 1.54) is 0 Å². The molecule has 100 valence electrons. The maximum Gasteiger partial charge on any atom is 0.241 e. The van der Waals surface area contributed by atoms with Gasteiger partial charge in [0.1, 0.15) is 0 Å². The van der Waals surface area contributed by atoms with E-state index in [4.69, 9.17) is 5.73 Å². The summed E-state index contributed by atoms with van der Waals surface area (Å²) < 4.78 is 0. The molecule has 2 rings (SSSR count). The molecule has 1 unspecified atom stereocenters. The number of carbonyl (C=O) groups is 1. The lowest BCUT2D eigenvalue weighted by atomic mass is 9.87. The van der Waals surface area contributed by atoms with E-state index in [0.29, 0.717) is 5.69 Å². The van der Waals surface area contributed by atoms with E-state index in [-0.39, 0.29) is 11.3 Å². The van der Waals surface area contributed by atoms with Crippen LogP contribution in [0.1, 0.15) is 20.8 Å². The molecule has 5 heteroatoms. The van der Waals surface area contributed by atoms with Crippen molar-refractivity contribution >= 4 is 22.6 Å². The molecule has 0 saturated heterocycles. The number of hydrogen-bond acceptors (Lipinski definition) is 4. The highest BCUT2D eigenvalue weighted by atomic mass is 16.2. The Balaban J connectivity index is 2.20. The van der Waals surface area contributed by atoms with Gasteiger partial charge in [-0.1, -0.05) is 20.8 Å². The second kappa shape index (κ2) is 4.93. The molecule has 1 amide bonds. The largest absolute Gasteiger partial charge is 0.325 e. The van der Waals surface area contributed by atoms with Crippen molar-refractivity contribution in [1.29, 1.82) is 0 Å². The molecule has 19 heavy (non-hydrogen) atoms. The van der Waals surface area contributed by atoms with Gasteiger partial charge in [0.2, 0.25) is 5.91 Å². The molecule has 0 fully saturated rings. The third-order valence-corrected chi connectivity index (χ3v) is 2.95. The Morgan fingerprint density at radius 2 is 1.84 bits per heavy atom. The van der Waals surface area contributed by atoms with E-state index in [0.717, 1.165) is 11.0 Å². The fourth-order valence-electron chi connectivity index (χ4n) is 1.65. The Morgan fingerprint density at radius 3 is 2.47 bits per heavy atom. The van der Waals surface area contributed by atoms with E-state index in [2.05, 4.69) is 15.3 Å². The zero-order valence-corrected chi connectivity index (χ0v) is 11.3. The van der Waals surface area contributed by atoms with Crippen molar-refractivity contribution in [3.63, 3.8) is 0 Å². The molecule has 1 atom stereocenters. The summed E-state index contributed by atoms with van der Waals surface area (Å²) in [4.78, 5) is 20.4. The highest BCUT2D eigenvalue weighted by Crippen LogP contribution is 2.20. The molecule has 1 heterocycles. The topological polar surface area (TPSA) is 80.9 Å². The van der Waals surface area contributed by atoms with Gasteiger partial charge in [-0.2, -0.15) is 0 Å². The van der Waals surface area contributed by atoms with Crippen LogP contribution >= 0.6 is 0 Å². The van der Waals surface area contributed by atoms with Crippen LogP contribution in [-0.2, 0) is 4.79 Å². The summed E-state index contributed by atoms with van der Waals surface area (Å²) in [5.74, 6) is -0.198. The standard InChI is InChI=1S/C14H18N4O/c1-14(2,3)12(15)13(19)18-9-4-5-10-11(8-9)17-7-6-16-10/h4-8,12H,15H2,1-3H3,(H,18,19). The number of nitrogens with two attached hydrogens (primary N) is 1. The van der Waals surface area contributed by atoms with E-state index >= 15 is 0 Å². The number of aromatic nitrogens is 2. The molecule has 0 spiro atoms. The predicted molar refractivity (Wildman–Crippen MR) is 75.6 cm³/mol. The van der Waals surface area contributed by atoms with Crippen molar-refractivity contribution in [2.45, 2.75) is 26.8 Å². The van der Waals surface area contributed by atoms with Crippen LogP contribution < -0.4 is 11.1 Å². The predicted octanol–water partition coefficient (Wildman–Crippen LogP) is 1.94. The van der Waals surface area contributed by atoms with Crippen LogP contribution in [0.4, 0.5) is 5.69 Å². The van der Waals surface area contributed by atoms with Crippen LogP contribution in [0.3, 0.4) is 0 Å². The number of anilines is 1. The highest BCUT2D eigenvalue weighted by molar-refractivity contribution is 5.96. The summed E-state index contributed by atoms with van der Waals surface area (Å²) in [5.41, 5.74) is 7.85. The lowest BCUT2D eigenvalue weighted by Crippen LogP contribution is -2.45. The fourth-order valence-corrected chi connectivity index (χ4v) is 1.65. The second-order valence-corrected chi connectivity index (χ2v) is 5.59. The monoisotopic (exact) mass is 258 g/mol. The number of benzene rings is 1. The molecule has 1 aromatic heterocycles. The van der Waals surface area contributed by atoms with Crippen molar-refractivity contribution in [1.82, 2.24) is 9.97 Å². The van der Waals surface area contributed by atoms with Crippen LogP contribution in [0, 0.1) is 5.41 Å². The summed E-state index contributed by atoms with van der Waals surface area (Å²) in [6, 6.07) is 4.84. The van der Waals surface area contributed by atoms with Gasteiger partial charge in [0.25, 0.3) is 0 Å². The number of amides is 1. The van der Waals surface area contributed by atoms with Crippen molar-refractivity contribution in [3.8, 4) is 0 Å². The highest BCUT2D eigenvalue weighted by Gasteiger charge is 2.27. The first-order chi connectivity index (χ1) is 8.88. The van der Waals surface area contributed by atoms with E-state index in [1.54, 1.807) is 24.5 Å². The van der Waals surface area contributed by atoms with Crippen LogP contribution in [0.2, 0.25) is 0 Å². The lowest BCUT2D eigenvalue weighted by molar-refractivity contribution is -0.119. The van der Waals surface area contributed by atoms with Gasteiger partial charge in [-0.05, 0) is 23.6 Å². The minimum atomic E-state index is -0.565. The van der Waals surface area contributed by atoms with Gasteiger partial charge in [-0.25, -0.2) is 0 Å². The molecule has 0 aliphatic carbocycles. The normalized spacial score (nSPS) is 13.3. The quantitative estimate of drug-likeness (QED) is 0.862. The maximum absolute atomic E-state index is 12.0. The van der Waals surface area contributed by atoms with E-state index < -0.39 is 6.04 Å². The summed E-state index contributed by atoms with van der Waals surface area (Å²) in [6.45, 7) is 5.80. The molecule has 0 aliphatic rings. The molecular weight excluding hydrogens is 240 g/mol. The zero-order valence-electron chi connectivity index (χ0n) is 11.3. The molecular formula is C14H18N4O. The number of fused-ring (bicyclic) bond motifs is 1. The van der Waals surface area contributed by atoms with Gasteiger partial charge in [0.15, 0.2) is 0 Å². The Labute approximate surface area is 112 Å². The summed E-state index contributed by atoms with van der Waals surface area (Å²) in [7, 11) is 0. The number of carbonyl (C=O) groups excluding carboxylic acids is 1. The van der Waals surface area contributed by atoms with Crippen molar-refractivity contribution < 1.29 is 4.79 Å². The Kier molecular flexibility index (Phi) is 3.48. The third-order valence-electron chi connectivity index (χ3n) is 2.95. The smallest absolute Gasteiger partial charge is 0.241 e. The first-order valence-electron chi connectivity index (χ1n) is 6.15. The SMILES string of the molecule is CC(C)(C)C(N)C(=O)Nc1ccc2nccnc2c1. The summed E-state index contributed by atoms with van der Waals surface area (Å²) in [5, 5.41) is 2.81. The number of hydrogen-bond donors (Lipinski definition) is 2. The van der Waals surface area contributed by atoms with Crippen LogP contribution in [-0.4, -0.2) is 21.9 Å². The van der Waals surface area contributed by atoms with Gasteiger partial charge in [0.05, 0.1) is 17.1 Å². The lowest BCUT2D eigenvalue weighted by Gasteiger charge is -2.25. The molecule has 0 radical (unpaired) electrons. The van der Waals surface area contributed by atoms with Gasteiger partial charge in [-0.3, -0.25) is 14.8 Å². The van der Waals surface area contributed by atoms with Gasteiger partial charge in [-0.15, -0.1) is 0 Å². The zero-order chi connectivity index (χ0) is 14.0. The molecule has 1 aromatic carbocycles. The van der Waals surface area contributed by atoms with Crippen molar-refractivity contribution in [3.05, 3.63) is 30.6 Å². The fraction of sp³-hybridized carbons (Fsp3) is 0.357. The molecule has 3 N–H and O–H groups in total. The molecule has 2 aromatic rings. The first-order valence-corrected chi connectivity index (χ1v) is 6.15. The number of nitrogens with one attached hydrogen (secondary N) is 1. The van der Waals surface area contributed by atoms with E-state index in [1.807, 2.05) is 26.8 Å². The van der Waals surface area contributed by atoms with Gasteiger partial charge >= 0.3 is 0 Å². The Bertz CT molecular complexity index is 604. The van der Waals surface area contributed by atoms with Gasteiger partial charge < -0.3 is 11.1 Å². The van der Waals surface area contributed by atoms with Crippen molar-refractivity contribution in [2.24, 2.45) is 11.1 Å². The Morgan fingerprint density at radius 1 is 1.21 bits per heavy atom. The van der Waals surface area contributed by atoms with E-state index in [9.17, 15) is 4.79 Å². The van der Waals surface area contributed by atoms with Crippen LogP contribution in [0.15, 0.2) is 30.6 Å². The summed E-state index contributed by atoms with van der Waals surface area (Å²) >= 11 is 0. The number of nitrogens with zero attached hydrogens (tertiary/aromatic N) is 2. The molecule has 0 saturated carbocycles. The second-order valence-electron chi connectivity index (χ2n) is 5.59.